The fraction of sp³-hybridized carbons (Fsp3) is 0.333. The van der Waals surface area contributed by atoms with Crippen LogP contribution in [0.3, 0.4) is 0 Å². The van der Waals surface area contributed by atoms with Crippen LogP contribution in [-0.2, 0) is 0 Å². The largest absolute Gasteiger partial charge is 0.347 e. The zero-order chi connectivity index (χ0) is 15.1. The molecule has 0 bridgehead atoms. The quantitative estimate of drug-likeness (QED) is 0.706. The van der Waals surface area contributed by atoms with E-state index in [2.05, 4.69) is 48.0 Å². The lowest BCUT2D eigenvalue weighted by molar-refractivity contribution is 0.744. The standard InChI is InChI=1S/C18H19N3S/c1-12-6-7-16-17(13(12)2)20-18(22-16)21-10-8-14(11-21)15-5-3-4-9-19-15/h3-7,9,14H,8,10-11H2,1-2H3. The molecule has 1 aliphatic rings. The maximum atomic E-state index is 4.91. The molecule has 1 aliphatic heterocycles. The van der Waals surface area contributed by atoms with Crippen LogP contribution in [0.25, 0.3) is 10.2 Å². The van der Waals surface area contributed by atoms with Gasteiger partial charge >= 0.3 is 0 Å². The van der Waals surface area contributed by atoms with Gasteiger partial charge in [-0.05, 0) is 49.6 Å². The summed E-state index contributed by atoms with van der Waals surface area (Å²) in [6.07, 6.45) is 3.05. The molecule has 3 nitrogen and oxygen atoms in total. The minimum Gasteiger partial charge on any atom is -0.347 e. The molecule has 4 rings (SSSR count). The molecule has 112 valence electrons. The Balaban J connectivity index is 1.62. The van der Waals surface area contributed by atoms with Crippen LogP contribution in [0.1, 0.15) is 29.2 Å². The van der Waals surface area contributed by atoms with Gasteiger partial charge in [0.1, 0.15) is 0 Å². The summed E-state index contributed by atoms with van der Waals surface area (Å²) in [5, 5.41) is 1.15. The highest BCUT2D eigenvalue weighted by Crippen LogP contribution is 2.36. The number of aromatic nitrogens is 2. The summed E-state index contributed by atoms with van der Waals surface area (Å²) < 4.78 is 1.29. The lowest BCUT2D eigenvalue weighted by atomic mass is 10.0. The van der Waals surface area contributed by atoms with Gasteiger partial charge < -0.3 is 4.90 Å². The Bertz CT molecular complexity index is 810. The normalized spacial score (nSPS) is 18.3. The third-order valence-electron chi connectivity index (χ3n) is 4.64. The summed E-state index contributed by atoms with van der Waals surface area (Å²) in [6, 6.07) is 10.6. The molecule has 0 radical (unpaired) electrons. The Morgan fingerprint density at radius 3 is 2.91 bits per heavy atom. The molecule has 1 saturated heterocycles. The molecule has 4 heteroatoms. The monoisotopic (exact) mass is 309 g/mol. The van der Waals surface area contributed by atoms with Gasteiger partial charge in [0.25, 0.3) is 0 Å². The van der Waals surface area contributed by atoms with E-state index in [1.54, 1.807) is 0 Å². The van der Waals surface area contributed by atoms with Crippen molar-refractivity contribution in [3.63, 3.8) is 0 Å². The third kappa shape index (κ3) is 2.28. The fourth-order valence-electron chi connectivity index (χ4n) is 3.14. The second-order valence-corrected chi connectivity index (χ2v) is 7.05. The van der Waals surface area contributed by atoms with Gasteiger partial charge in [-0.3, -0.25) is 4.98 Å². The molecule has 22 heavy (non-hydrogen) atoms. The van der Waals surface area contributed by atoms with Crippen molar-refractivity contribution in [2.45, 2.75) is 26.2 Å². The average Bonchev–Trinajstić information content (AvgIpc) is 3.19. The molecule has 1 fully saturated rings. The topological polar surface area (TPSA) is 29.0 Å². The Labute approximate surface area is 134 Å². The van der Waals surface area contributed by atoms with Gasteiger partial charge in [-0.15, -0.1) is 0 Å². The zero-order valence-electron chi connectivity index (χ0n) is 12.9. The molecule has 0 aliphatic carbocycles. The Morgan fingerprint density at radius 1 is 1.18 bits per heavy atom. The molecule has 0 N–H and O–H groups in total. The van der Waals surface area contributed by atoms with E-state index in [4.69, 9.17) is 4.98 Å². The summed E-state index contributed by atoms with van der Waals surface area (Å²) >= 11 is 1.81. The minimum absolute atomic E-state index is 0.524. The molecule has 2 aromatic heterocycles. The second-order valence-electron chi connectivity index (χ2n) is 6.04. The van der Waals surface area contributed by atoms with Crippen LogP contribution in [0, 0.1) is 13.8 Å². The Kier molecular flexibility index (Phi) is 3.34. The van der Waals surface area contributed by atoms with Gasteiger partial charge in [-0.2, -0.15) is 0 Å². The van der Waals surface area contributed by atoms with E-state index >= 15 is 0 Å². The second kappa shape index (κ2) is 5.36. The molecule has 0 spiro atoms. The number of aryl methyl sites for hydroxylation is 2. The van der Waals surface area contributed by atoms with Gasteiger partial charge in [-0.1, -0.05) is 23.5 Å². The van der Waals surface area contributed by atoms with Crippen LogP contribution < -0.4 is 4.90 Å². The van der Waals surface area contributed by atoms with Crippen LogP contribution in [0.4, 0.5) is 5.13 Å². The number of rotatable bonds is 2. The molecular formula is C18H19N3S. The van der Waals surface area contributed by atoms with Crippen LogP contribution in [-0.4, -0.2) is 23.1 Å². The smallest absolute Gasteiger partial charge is 0.186 e. The summed E-state index contributed by atoms with van der Waals surface area (Å²) in [4.78, 5) is 11.8. The first-order valence-electron chi connectivity index (χ1n) is 7.75. The van der Waals surface area contributed by atoms with Crippen LogP contribution in [0.2, 0.25) is 0 Å². The van der Waals surface area contributed by atoms with E-state index in [1.807, 2.05) is 23.6 Å². The number of hydrogen-bond acceptors (Lipinski definition) is 4. The summed E-state index contributed by atoms with van der Waals surface area (Å²) in [5.74, 6) is 0.524. The van der Waals surface area contributed by atoms with Crippen molar-refractivity contribution in [1.29, 1.82) is 0 Å². The summed E-state index contributed by atoms with van der Waals surface area (Å²) in [7, 11) is 0. The van der Waals surface area contributed by atoms with E-state index in [1.165, 1.54) is 27.0 Å². The maximum absolute atomic E-state index is 4.91. The van der Waals surface area contributed by atoms with Crippen molar-refractivity contribution in [3.05, 3.63) is 53.3 Å². The van der Waals surface area contributed by atoms with Crippen molar-refractivity contribution in [2.75, 3.05) is 18.0 Å². The minimum atomic E-state index is 0.524. The number of pyridine rings is 1. The fourth-order valence-corrected chi connectivity index (χ4v) is 4.20. The van der Waals surface area contributed by atoms with Gasteiger partial charge in [0, 0.05) is 30.9 Å². The molecule has 3 heterocycles. The number of fused-ring (bicyclic) bond motifs is 1. The predicted molar refractivity (Wildman–Crippen MR) is 92.9 cm³/mol. The van der Waals surface area contributed by atoms with Crippen molar-refractivity contribution in [3.8, 4) is 0 Å². The van der Waals surface area contributed by atoms with E-state index in [-0.39, 0.29) is 0 Å². The number of nitrogens with zero attached hydrogens (tertiary/aromatic N) is 3. The van der Waals surface area contributed by atoms with Crippen molar-refractivity contribution in [1.82, 2.24) is 9.97 Å². The van der Waals surface area contributed by atoms with Gasteiger partial charge in [-0.25, -0.2) is 4.98 Å². The molecule has 1 atom stereocenters. The van der Waals surface area contributed by atoms with E-state index in [0.717, 1.165) is 24.6 Å². The first-order chi connectivity index (χ1) is 10.7. The van der Waals surface area contributed by atoms with Crippen LogP contribution in [0.15, 0.2) is 36.5 Å². The van der Waals surface area contributed by atoms with Gasteiger partial charge in [0.15, 0.2) is 5.13 Å². The first kappa shape index (κ1) is 13.7. The first-order valence-corrected chi connectivity index (χ1v) is 8.56. The SMILES string of the molecule is Cc1ccc2sc(N3CCC(c4ccccn4)C3)nc2c1C. The van der Waals surface area contributed by atoms with Crippen molar-refractivity contribution >= 4 is 26.7 Å². The van der Waals surface area contributed by atoms with Crippen LogP contribution >= 0.6 is 11.3 Å². The number of benzene rings is 1. The third-order valence-corrected chi connectivity index (χ3v) is 5.72. The number of hydrogen-bond donors (Lipinski definition) is 0. The molecule has 1 unspecified atom stereocenters. The summed E-state index contributed by atoms with van der Waals surface area (Å²) in [5.41, 5.74) is 5.00. The molecule has 1 aromatic carbocycles. The molecule has 3 aromatic rings. The Hall–Kier alpha value is -1.94. The highest BCUT2D eigenvalue weighted by molar-refractivity contribution is 7.22. The average molecular weight is 309 g/mol. The molecule has 0 saturated carbocycles. The lowest BCUT2D eigenvalue weighted by Crippen LogP contribution is -2.19. The van der Waals surface area contributed by atoms with E-state index in [9.17, 15) is 0 Å². The van der Waals surface area contributed by atoms with E-state index < -0.39 is 0 Å². The molecule has 0 amide bonds. The highest BCUT2D eigenvalue weighted by atomic mass is 32.1. The van der Waals surface area contributed by atoms with Gasteiger partial charge in [0.2, 0.25) is 0 Å². The van der Waals surface area contributed by atoms with Crippen molar-refractivity contribution < 1.29 is 0 Å². The van der Waals surface area contributed by atoms with Gasteiger partial charge in [0.05, 0.1) is 10.2 Å². The van der Waals surface area contributed by atoms with E-state index in [0.29, 0.717) is 5.92 Å². The zero-order valence-corrected chi connectivity index (χ0v) is 13.7. The Morgan fingerprint density at radius 2 is 2.09 bits per heavy atom. The predicted octanol–water partition coefficient (Wildman–Crippen LogP) is 4.30. The lowest BCUT2D eigenvalue weighted by Gasteiger charge is -2.14. The number of anilines is 1. The summed E-state index contributed by atoms with van der Waals surface area (Å²) in [6.45, 7) is 6.41. The number of thiazole rings is 1. The van der Waals surface area contributed by atoms with Crippen molar-refractivity contribution in [2.24, 2.45) is 0 Å². The van der Waals surface area contributed by atoms with Crippen LogP contribution in [0.5, 0.6) is 0 Å². The highest BCUT2D eigenvalue weighted by Gasteiger charge is 2.26. The maximum Gasteiger partial charge on any atom is 0.186 e. The molecular weight excluding hydrogens is 290 g/mol.